The molecule has 2 nitrogen and oxygen atoms in total. The van der Waals surface area contributed by atoms with E-state index in [0.29, 0.717) is 0 Å². The third-order valence-electron chi connectivity index (χ3n) is 10.7. The molecule has 0 radical (unpaired) electrons. The summed E-state index contributed by atoms with van der Waals surface area (Å²) in [5, 5.41) is 7.52. The Labute approximate surface area is 286 Å². The predicted octanol–water partition coefficient (Wildman–Crippen LogP) is 12.9. The first-order valence-corrected chi connectivity index (χ1v) is 17.1. The highest BCUT2D eigenvalue weighted by Gasteiger charge is 2.34. The lowest BCUT2D eigenvalue weighted by Gasteiger charge is -2.34. The summed E-state index contributed by atoms with van der Waals surface area (Å²) >= 11 is 0. The number of rotatable bonds is 4. The van der Waals surface area contributed by atoms with Gasteiger partial charge in [0.15, 0.2) is 0 Å². The Morgan fingerprint density at radius 2 is 1.10 bits per heavy atom. The highest BCUT2D eigenvalue weighted by Crippen LogP contribution is 2.49. The summed E-state index contributed by atoms with van der Waals surface area (Å²) in [6, 6.07) is 62.4. The number of nitrogens with zero attached hydrogens (tertiary/aromatic N) is 2. The van der Waals surface area contributed by atoms with E-state index in [4.69, 9.17) is 0 Å². The molecule has 0 unspecified atom stereocenters. The SMILES string of the molecule is CC1(C)c2ccccc2-n2c3ccc(N(c4ccc(-c5ccc6ccccc6c5)cc4)c4cccc5ccccc45)cc3c3cccc1c32. The van der Waals surface area contributed by atoms with Crippen molar-refractivity contribution in [3.8, 4) is 16.8 Å². The highest BCUT2D eigenvalue weighted by molar-refractivity contribution is 6.13. The maximum atomic E-state index is 2.49. The van der Waals surface area contributed by atoms with Crippen LogP contribution < -0.4 is 4.90 Å². The van der Waals surface area contributed by atoms with Crippen molar-refractivity contribution < 1.29 is 0 Å². The summed E-state index contributed by atoms with van der Waals surface area (Å²) in [4.78, 5) is 2.43. The predicted molar refractivity (Wildman–Crippen MR) is 208 cm³/mol. The van der Waals surface area contributed by atoms with E-state index in [9.17, 15) is 0 Å². The number of aromatic nitrogens is 1. The molecule has 0 atom stereocenters. The molecule has 232 valence electrons. The first kappa shape index (κ1) is 27.9. The number of hydrogen-bond acceptors (Lipinski definition) is 1. The molecule has 49 heavy (non-hydrogen) atoms. The smallest absolute Gasteiger partial charge is 0.0582 e. The average Bonchev–Trinajstić information content (AvgIpc) is 3.49. The van der Waals surface area contributed by atoms with Gasteiger partial charge < -0.3 is 9.47 Å². The molecule has 0 saturated carbocycles. The molecule has 2 heterocycles. The van der Waals surface area contributed by atoms with Crippen molar-refractivity contribution in [3.05, 3.63) is 181 Å². The van der Waals surface area contributed by atoms with Crippen molar-refractivity contribution in [1.82, 2.24) is 4.57 Å². The molecule has 0 aliphatic carbocycles. The zero-order valence-corrected chi connectivity index (χ0v) is 27.6. The van der Waals surface area contributed by atoms with E-state index in [2.05, 4.69) is 193 Å². The van der Waals surface area contributed by atoms with Gasteiger partial charge in [0.2, 0.25) is 0 Å². The van der Waals surface area contributed by atoms with Gasteiger partial charge in [-0.3, -0.25) is 0 Å². The fraction of sp³-hybridized carbons (Fsp3) is 0.0638. The van der Waals surface area contributed by atoms with Crippen LogP contribution in [-0.2, 0) is 5.41 Å². The molecule has 10 rings (SSSR count). The molecule has 8 aromatic carbocycles. The molecule has 0 amide bonds. The van der Waals surface area contributed by atoms with Crippen molar-refractivity contribution in [2.24, 2.45) is 0 Å². The van der Waals surface area contributed by atoms with Gasteiger partial charge >= 0.3 is 0 Å². The van der Waals surface area contributed by atoms with E-state index in [1.54, 1.807) is 0 Å². The van der Waals surface area contributed by atoms with Gasteiger partial charge in [-0.1, -0.05) is 135 Å². The molecule has 9 aromatic rings. The maximum absolute atomic E-state index is 2.49. The van der Waals surface area contributed by atoms with Gasteiger partial charge in [0.05, 0.1) is 22.4 Å². The standard InChI is InChI=1S/C47H34N2/c1-47(2)41-17-7-8-19-45(41)49-44-28-27-37(30-40(44)39-16-10-18-42(47)46(39)49)48(43-20-9-14-33-12-5-6-15-38(33)43)36-25-23-32(24-26-36)35-22-21-31-11-3-4-13-34(31)29-35/h3-30H,1-2H3. The molecular weight excluding hydrogens is 593 g/mol. The highest BCUT2D eigenvalue weighted by atomic mass is 15.1. The second-order valence-corrected chi connectivity index (χ2v) is 13.8. The normalized spacial score (nSPS) is 13.3. The Morgan fingerprint density at radius 1 is 0.449 bits per heavy atom. The third kappa shape index (κ3) is 4.14. The number of benzene rings is 8. The number of fused-ring (bicyclic) bond motifs is 7. The molecule has 0 bridgehead atoms. The van der Waals surface area contributed by atoms with E-state index in [1.807, 2.05) is 0 Å². The summed E-state index contributed by atoms with van der Waals surface area (Å²) in [7, 11) is 0. The van der Waals surface area contributed by atoms with Gasteiger partial charge in [0.25, 0.3) is 0 Å². The summed E-state index contributed by atoms with van der Waals surface area (Å²) in [6.45, 7) is 4.72. The molecule has 0 saturated heterocycles. The van der Waals surface area contributed by atoms with Crippen molar-refractivity contribution in [3.63, 3.8) is 0 Å². The second-order valence-electron chi connectivity index (χ2n) is 13.8. The van der Waals surface area contributed by atoms with Crippen LogP contribution in [0, 0.1) is 0 Å². The van der Waals surface area contributed by atoms with E-state index >= 15 is 0 Å². The van der Waals surface area contributed by atoms with Crippen LogP contribution in [0.3, 0.4) is 0 Å². The van der Waals surface area contributed by atoms with Crippen LogP contribution in [0.25, 0.3) is 60.2 Å². The zero-order chi connectivity index (χ0) is 32.7. The van der Waals surface area contributed by atoms with Crippen molar-refractivity contribution in [2.75, 3.05) is 4.90 Å². The fourth-order valence-corrected chi connectivity index (χ4v) is 8.30. The second kappa shape index (κ2) is 10.4. The lowest BCUT2D eigenvalue weighted by atomic mass is 9.75. The lowest BCUT2D eigenvalue weighted by Crippen LogP contribution is -2.26. The van der Waals surface area contributed by atoms with Gasteiger partial charge in [-0.2, -0.15) is 0 Å². The van der Waals surface area contributed by atoms with Gasteiger partial charge in [-0.05, 0) is 86.9 Å². The Balaban J connectivity index is 1.19. The van der Waals surface area contributed by atoms with Gasteiger partial charge in [0.1, 0.15) is 0 Å². The maximum Gasteiger partial charge on any atom is 0.0582 e. The van der Waals surface area contributed by atoms with Crippen molar-refractivity contribution >= 4 is 60.4 Å². The van der Waals surface area contributed by atoms with Gasteiger partial charge in [-0.25, -0.2) is 0 Å². The van der Waals surface area contributed by atoms with Crippen LogP contribution in [0.2, 0.25) is 0 Å². The molecule has 1 aromatic heterocycles. The first-order chi connectivity index (χ1) is 24.1. The van der Waals surface area contributed by atoms with E-state index in [-0.39, 0.29) is 5.41 Å². The summed E-state index contributed by atoms with van der Waals surface area (Å²) < 4.78 is 2.49. The minimum atomic E-state index is -0.0922. The van der Waals surface area contributed by atoms with E-state index < -0.39 is 0 Å². The summed E-state index contributed by atoms with van der Waals surface area (Å²) in [6.07, 6.45) is 0. The summed E-state index contributed by atoms with van der Waals surface area (Å²) in [5.74, 6) is 0. The van der Waals surface area contributed by atoms with Crippen molar-refractivity contribution in [1.29, 1.82) is 0 Å². The molecule has 0 spiro atoms. The van der Waals surface area contributed by atoms with E-state index in [0.717, 1.165) is 17.1 Å². The molecule has 0 fully saturated rings. The minimum Gasteiger partial charge on any atom is -0.310 e. The largest absolute Gasteiger partial charge is 0.310 e. The van der Waals surface area contributed by atoms with Crippen LogP contribution in [0.4, 0.5) is 17.1 Å². The Hall–Kier alpha value is -6.12. The van der Waals surface area contributed by atoms with Gasteiger partial charge in [-0.15, -0.1) is 0 Å². The Morgan fingerprint density at radius 3 is 1.98 bits per heavy atom. The van der Waals surface area contributed by atoms with Crippen LogP contribution >= 0.6 is 0 Å². The molecule has 1 aliphatic rings. The minimum absolute atomic E-state index is 0.0922. The molecule has 2 heteroatoms. The number of hydrogen-bond donors (Lipinski definition) is 0. The van der Waals surface area contributed by atoms with E-state index in [1.165, 1.54) is 71.3 Å². The lowest BCUT2D eigenvalue weighted by molar-refractivity contribution is 0.630. The Kier molecular flexibility index (Phi) is 5.95. The molecule has 0 N–H and O–H groups in total. The topological polar surface area (TPSA) is 8.17 Å². The average molecular weight is 627 g/mol. The number of para-hydroxylation sites is 2. The quantitative estimate of drug-likeness (QED) is 0.189. The number of anilines is 3. The monoisotopic (exact) mass is 626 g/mol. The van der Waals surface area contributed by atoms with Crippen LogP contribution in [0.5, 0.6) is 0 Å². The molecule has 1 aliphatic heterocycles. The van der Waals surface area contributed by atoms with Crippen LogP contribution in [-0.4, -0.2) is 4.57 Å². The van der Waals surface area contributed by atoms with Crippen LogP contribution in [0.15, 0.2) is 170 Å². The fourth-order valence-electron chi connectivity index (χ4n) is 8.30. The van der Waals surface area contributed by atoms with Gasteiger partial charge in [0, 0.05) is 32.9 Å². The summed E-state index contributed by atoms with van der Waals surface area (Å²) in [5.41, 5.74) is 12.3. The third-order valence-corrected chi connectivity index (χ3v) is 10.7. The Bertz CT molecular complexity index is 2740. The van der Waals surface area contributed by atoms with Crippen LogP contribution in [0.1, 0.15) is 25.0 Å². The molecular formula is C47H34N2. The zero-order valence-electron chi connectivity index (χ0n) is 27.6. The van der Waals surface area contributed by atoms with Crippen molar-refractivity contribution in [2.45, 2.75) is 19.3 Å². The first-order valence-electron chi connectivity index (χ1n) is 17.1.